The van der Waals surface area contributed by atoms with E-state index in [0.717, 1.165) is 30.4 Å². The Bertz CT molecular complexity index is 1110. The molecule has 0 unspecified atom stereocenters. The maximum atomic E-state index is 13.1. The number of benzene rings is 2. The molecule has 2 N–H and O–H groups in total. The molecule has 0 atom stereocenters. The minimum absolute atomic E-state index is 0.0128. The maximum Gasteiger partial charge on any atom is 0.251 e. The fourth-order valence-corrected chi connectivity index (χ4v) is 5.25. The molecule has 1 aliphatic heterocycles. The number of aryl methyl sites for hydroxylation is 2. The number of nitrogens with zero attached hydrogens (tertiary/aromatic N) is 1. The van der Waals surface area contributed by atoms with Crippen molar-refractivity contribution in [2.45, 2.75) is 38.0 Å². The molecular weight excluding hydrogens is 430 g/mol. The number of hydrogen-bond donors (Lipinski definition) is 2. The standard InChI is InChI=1S/C23H29N3O5S/c1-16-7-8-18(13-17(16)2)23(28)24-15-22(27)25-19-9-10-20(31-3)21(14-19)32(29,30)26-11-5-4-6-12-26/h7-10,13-14H,4-6,11-12,15H2,1-3H3,(H,24,28)(H,25,27). The third-order valence-electron chi connectivity index (χ3n) is 5.56. The van der Waals surface area contributed by atoms with Crippen LogP contribution >= 0.6 is 0 Å². The number of piperidine rings is 1. The summed E-state index contributed by atoms with van der Waals surface area (Å²) in [7, 11) is -2.34. The fraction of sp³-hybridized carbons (Fsp3) is 0.391. The SMILES string of the molecule is COc1ccc(NC(=O)CNC(=O)c2ccc(C)c(C)c2)cc1S(=O)(=O)N1CCCCC1. The van der Waals surface area contributed by atoms with E-state index in [1.807, 2.05) is 19.9 Å². The first-order chi connectivity index (χ1) is 15.2. The summed E-state index contributed by atoms with van der Waals surface area (Å²) in [6.07, 6.45) is 2.64. The van der Waals surface area contributed by atoms with Gasteiger partial charge in [-0.15, -0.1) is 0 Å². The Balaban J connectivity index is 1.69. The summed E-state index contributed by atoms with van der Waals surface area (Å²) in [6, 6.07) is 9.80. The van der Waals surface area contributed by atoms with Crippen LogP contribution in [0.25, 0.3) is 0 Å². The van der Waals surface area contributed by atoms with E-state index >= 15 is 0 Å². The van der Waals surface area contributed by atoms with Crippen LogP contribution in [-0.2, 0) is 14.8 Å². The first-order valence-corrected chi connectivity index (χ1v) is 12.0. The van der Waals surface area contributed by atoms with Crippen LogP contribution < -0.4 is 15.4 Å². The van der Waals surface area contributed by atoms with Crippen LogP contribution in [0.5, 0.6) is 5.75 Å². The van der Waals surface area contributed by atoms with E-state index in [0.29, 0.717) is 24.3 Å². The second-order valence-electron chi connectivity index (χ2n) is 7.86. The second-order valence-corrected chi connectivity index (χ2v) is 9.77. The summed E-state index contributed by atoms with van der Waals surface area (Å²) in [5.41, 5.74) is 2.85. The smallest absolute Gasteiger partial charge is 0.251 e. The molecule has 32 heavy (non-hydrogen) atoms. The highest BCUT2D eigenvalue weighted by Gasteiger charge is 2.29. The molecule has 0 bridgehead atoms. The molecule has 0 aliphatic carbocycles. The minimum atomic E-state index is -3.75. The van der Waals surface area contributed by atoms with Crippen molar-refractivity contribution in [3.63, 3.8) is 0 Å². The monoisotopic (exact) mass is 459 g/mol. The topological polar surface area (TPSA) is 105 Å². The van der Waals surface area contributed by atoms with Gasteiger partial charge < -0.3 is 15.4 Å². The first kappa shape index (κ1) is 23.7. The molecule has 0 radical (unpaired) electrons. The zero-order valence-corrected chi connectivity index (χ0v) is 19.4. The van der Waals surface area contributed by atoms with Gasteiger partial charge in [0.1, 0.15) is 10.6 Å². The minimum Gasteiger partial charge on any atom is -0.495 e. The molecular formula is C23H29N3O5S. The van der Waals surface area contributed by atoms with Crippen molar-refractivity contribution in [3.8, 4) is 5.75 Å². The number of sulfonamides is 1. The summed E-state index contributed by atoms with van der Waals surface area (Å²) in [6.45, 7) is 4.56. The third-order valence-corrected chi connectivity index (χ3v) is 7.48. The largest absolute Gasteiger partial charge is 0.495 e. The highest BCUT2D eigenvalue weighted by molar-refractivity contribution is 7.89. The molecule has 1 aliphatic rings. The van der Waals surface area contributed by atoms with E-state index in [-0.39, 0.29) is 23.1 Å². The third kappa shape index (κ3) is 5.46. The van der Waals surface area contributed by atoms with Gasteiger partial charge in [0.2, 0.25) is 15.9 Å². The van der Waals surface area contributed by atoms with Crippen molar-refractivity contribution in [1.29, 1.82) is 0 Å². The fourth-order valence-electron chi connectivity index (χ4n) is 3.55. The Hall–Kier alpha value is -2.91. The van der Waals surface area contributed by atoms with Crippen LogP contribution in [0.1, 0.15) is 40.7 Å². The maximum absolute atomic E-state index is 13.1. The molecule has 172 valence electrons. The Morgan fingerprint density at radius 1 is 1.00 bits per heavy atom. The lowest BCUT2D eigenvalue weighted by molar-refractivity contribution is -0.115. The average Bonchev–Trinajstić information content (AvgIpc) is 2.79. The quantitative estimate of drug-likeness (QED) is 0.663. The molecule has 2 aromatic rings. The highest BCUT2D eigenvalue weighted by atomic mass is 32.2. The van der Waals surface area contributed by atoms with Gasteiger partial charge >= 0.3 is 0 Å². The zero-order chi connectivity index (χ0) is 23.3. The van der Waals surface area contributed by atoms with Crippen LogP contribution in [0.2, 0.25) is 0 Å². The van der Waals surface area contributed by atoms with E-state index in [1.165, 1.54) is 23.5 Å². The van der Waals surface area contributed by atoms with Crippen molar-refractivity contribution >= 4 is 27.5 Å². The number of anilines is 1. The summed E-state index contributed by atoms with van der Waals surface area (Å²) in [4.78, 5) is 24.7. The van der Waals surface area contributed by atoms with Gasteiger partial charge in [-0.3, -0.25) is 9.59 Å². The van der Waals surface area contributed by atoms with Crippen molar-refractivity contribution in [3.05, 3.63) is 53.1 Å². The molecule has 0 spiro atoms. The predicted octanol–water partition coefficient (Wildman–Crippen LogP) is 2.86. The summed E-state index contributed by atoms with van der Waals surface area (Å²) in [5.74, 6) is -0.600. The van der Waals surface area contributed by atoms with Crippen LogP contribution in [0.4, 0.5) is 5.69 Å². The molecule has 3 rings (SSSR count). The lowest BCUT2D eigenvalue weighted by Gasteiger charge is -2.26. The average molecular weight is 460 g/mol. The normalized spacial score (nSPS) is 14.6. The molecule has 0 aromatic heterocycles. The van der Waals surface area contributed by atoms with Crippen molar-refractivity contribution in [2.75, 3.05) is 32.1 Å². The Labute approximate surface area is 189 Å². The van der Waals surface area contributed by atoms with Gasteiger partial charge in [0.05, 0.1) is 13.7 Å². The number of carbonyl (C=O) groups excluding carboxylic acids is 2. The van der Waals surface area contributed by atoms with Gasteiger partial charge in [0.15, 0.2) is 0 Å². The van der Waals surface area contributed by atoms with Gasteiger partial charge in [-0.2, -0.15) is 4.31 Å². The lowest BCUT2D eigenvalue weighted by Crippen LogP contribution is -2.36. The molecule has 1 saturated heterocycles. The van der Waals surface area contributed by atoms with Gasteiger partial charge in [-0.05, 0) is 68.1 Å². The second kappa shape index (κ2) is 10.1. The van der Waals surface area contributed by atoms with Crippen LogP contribution in [0, 0.1) is 13.8 Å². The van der Waals surface area contributed by atoms with E-state index in [1.54, 1.807) is 18.2 Å². The zero-order valence-electron chi connectivity index (χ0n) is 18.6. The molecule has 1 fully saturated rings. The Kier molecular flexibility index (Phi) is 7.52. The van der Waals surface area contributed by atoms with Crippen molar-refractivity contribution in [2.24, 2.45) is 0 Å². The van der Waals surface area contributed by atoms with Gasteiger partial charge in [0, 0.05) is 24.3 Å². The van der Waals surface area contributed by atoms with Crippen molar-refractivity contribution < 1.29 is 22.7 Å². The first-order valence-electron chi connectivity index (χ1n) is 10.6. The molecule has 1 heterocycles. The van der Waals surface area contributed by atoms with Crippen molar-refractivity contribution in [1.82, 2.24) is 9.62 Å². The summed E-state index contributed by atoms with van der Waals surface area (Å²) < 4.78 is 32.9. The molecule has 0 saturated carbocycles. The predicted molar refractivity (Wildman–Crippen MR) is 122 cm³/mol. The summed E-state index contributed by atoms with van der Waals surface area (Å²) in [5, 5.41) is 5.23. The van der Waals surface area contributed by atoms with Gasteiger partial charge in [0.25, 0.3) is 5.91 Å². The van der Waals surface area contributed by atoms with E-state index in [4.69, 9.17) is 4.74 Å². The van der Waals surface area contributed by atoms with Gasteiger partial charge in [-0.1, -0.05) is 12.5 Å². The number of amides is 2. The van der Waals surface area contributed by atoms with Crippen LogP contribution in [0.15, 0.2) is 41.3 Å². The van der Waals surface area contributed by atoms with Gasteiger partial charge in [-0.25, -0.2) is 8.42 Å². The lowest BCUT2D eigenvalue weighted by atomic mass is 10.1. The number of hydrogen-bond acceptors (Lipinski definition) is 5. The van der Waals surface area contributed by atoms with Crippen LogP contribution in [-0.4, -0.2) is 51.3 Å². The number of carbonyl (C=O) groups is 2. The number of methoxy groups -OCH3 is 1. The Morgan fingerprint density at radius 2 is 1.72 bits per heavy atom. The number of nitrogens with one attached hydrogen (secondary N) is 2. The summed E-state index contributed by atoms with van der Waals surface area (Å²) >= 11 is 0. The van der Waals surface area contributed by atoms with E-state index in [2.05, 4.69) is 10.6 Å². The van der Waals surface area contributed by atoms with E-state index < -0.39 is 15.9 Å². The molecule has 2 aromatic carbocycles. The highest BCUT2D eigenvalue weighted by Crippen LogP contribution is 2.31. The molecule has 8 nitrogen and oxygen atoms in total. The number of rotatable bonds is 7. The number of ether oxygens (including phenoxy) is 1. The van der Waals surface area contributed by atoms with Crippen LogP contribution in [0.3, 0.4) is 0 Å². The molecule has 9 heteroatoms. The van der Waals surface area contributed by atoms with E-state index in [9.17, 15) is 18.0 Å². The Morgan fingerprint density at radius 3 is 2.38 bits per heavy atom. The molecule has 2 amide bonds.